The van der Waals surface area contributed by atoms with E-state index in [0.29, 0.717) is 0 Å². The van der Waals surface area contributed by atoms with E-state index in [9.17, 15) is 0 Å². The molecular weight excluding hydrogens is 228 g/mol. The maximum Gasteiger partial charge on any atom is 0.160 e. The van der Waals surface area contributed by atoms with Crippen LogP contribution in [0.5, 0.6) is 5.75 Å². The van der Waals surface area contributed by atoms with E-state index < -0.39 is 0 Å². The lowest BCUT2D eigenvalue weighted by Gasteiger charge is -2.16. The molecule has 4 heteroatoms. The summed E-state index contributed by atoms with van der Waals surface area (Å²) in [6.07, 6.45) is 4.26. The minimum Gasteiger partial charge on any atom is -0.493 e. The maximum atomic E-state index is 5.34. The maximum absolute atomic E-state index is 5.34. The van der Waals surface area contributed by atoms with Crippen LogP contribution in [-0.2, 0) is 6.42 Å². The molecule has 4 nitrogen and oxygen atoms in total. The first-order chi connectivity index (χ1) is 8.69. The zero-order valence-corrected chi connectivity index (χ0v) is 10.9. The summed E-state index contributed by atoms with van der Waals surface area (Å²) in [5.41, 5.74) is 1.92. The van der Waals surface area contributed by atoms with Crippen molar-refractivity contribution in [3.63, 3.8) is 0 Å². The molecule has 2 aromatic heterocycles. The van der Waals surface area contributed by atoms with Gasteiger partial charge in [-0.1, -0.05) is 0 Å². The minimum absolute atomic E-state index is 0.256. The van der Waals surface area contributed by atoms with Crippen LogP contribution in [0.25, 0.3) is 0 Å². The molecule has 0 bridgehead atoms. The van der Waals surface area contributed by atoms with E-state index >= 15 is 0 Å². The van der Waals surface area contributed by atoms with Gasteiger partial charge in [0.25, 0.3) is 0 Å². The first-order valence-corrected chi connectivity index (χ1v) is 5.98. The predicted molar refractivity (Wildman–Crippen MR) is 71.0 cm³/mol. The Morgan fingerprint density at radius 1 is 1.50 bits per heavy atom. The molecule has 1 atom stereocenters. The second-order valence-corrected chi connectivity index (χ2v) is 4.35. The van der Waals surface area contributed by atoms with Crippen LogP contribution in [0.4, 0.5) is 5.69 Å². The van der Waals surface area contributed by atoms with E-state index in [-0.39, 0.29) is 6.04 Å². The summed E-state index contributed by atoms with van der Waals surface area (Å²) < 4.78 is 10.6. The van der Waals surface area contributed by atoms with Crippen LogP contribution >= 0.6 is 0 Å². The van der Waals surface area contributed by atoms with Crippen molar-refractivity contribution in [3.8, 4) is 5.75 Å². The molecule has 0 aromatic carbocycles. The Balaban J connectivity index is 2.06. The summed E-state index contributed by atoms with van der Waals surface area (Å²) in [4.78, 5) is 4.21. The number of anilines is 1. The number of methoxy groups -OCH3 is 1. The second kappa shape index (κ2) is 5.58. The molecule has 1 N–H and O–H groups in total. The molecule has 0 spiro atoms. The van der Waals surface area contributed by atoms with Crippen LogP contribution in [0, 0.1) is 6.92 Å². The predicted octanol–water partition coefficient (Wildman–Crippen LogP) is 3.03. The molecule has 0 amide bonds. The van der Waals surface area contributed by atoms with Gasteiger partial charge >= 0.3 is 0 Å². The number of nitrogens with zero attached hydrogens (tertiary/aromatic N) is 1. The topological polar surface area (TPSA) is 47.3 Å². The average Bonchev–Trinajstić information content (AvgIpc) is 2.82. The van der Waals surface area contributed by atoms with Crippen molar-refractivity contribution in [3.05, 3.63) is 42.1 Å². The molecule has 0 saturated heterocycles. The largest absolute Gasteiger partial charge is 0.493 e. The van der Waals surface area contributed by atoms with Crippen LogP contribution in [-0.4, -0.2) is 18.1 Å². The molecule has 2 rings (SSSR count). The van der Waals surface area contributed by atoms with Crippen molar-refractivity contribution in [2.24, 2.45) is 0 Å². The first kappa shape index (κ1) is 12.5. The quantitative estimate of drug-likeness (QED) is 0.880. The number of furan rings is 1. The third-order valence-electron chi connectivity index (χ3n) is 2.71. The monoisotopic (exact) mass is 246 g/mol. The van der Waals surface area contributed by atoms with Gasteiger partial charge in [-0.25, -0.2) is 0 Å². The van der Waals surface area contributed by atoms with Crippen molar-refractivity contribution in [2.45, 2.75) is 26.3 Å². The molecule has 18 heavy (non-hydrogen) atoms. The lowest BCUT2D eigenvalue weighted by atomic mass is 10.2. The summed E-state index contributed by atoms with van der Waals surface area (Å²) in [5.74, 6) is 1.73. The van der Waals surface area contributed by atoms with Crippen molar-refractivity contribution < 1.29 is 9.15 Å². The van der Waals surface area contributed by atoms with E-state index in [1.807, 2.05) is 25.1 Å². The van der Waals surface area contributed by atoms with E-state index in [2.05, 4.69) is 17.2 Å². The summed E-state index contributed by atoms with van der Waals surface area (Å²) >= 11 is 0. The van der Waals surface area contributed by atoms with Crippen molar-refractivity contribution in [1.82, 2.24) is 4.98 Å². The highest BCUT2D eigenvalue weighted by atomic mass is 16.5. The van der Waals surface area contributed by atoms with Gasteiger partial charge in [0.15, 0.2) is 5.75 Å². The van der Waals surface area contributed by atoms with Gasteiger partial charge in [-0.05, 0) is 32.0 Å². The molecule has 0 aliphatic heterocycles. The number of hydrogen-bond acceptors (Lipinski definition) is 4. The van der Waals surface area contributed by atoms with E-state index in [1.54, 1.807) is 19.6 Å². The van der Waals surface area contributed by atoms with Crippen LogP contribution in [0.2, 0.25) is 0 Å². The van der Waals surface area contributed by atoms with Crippen molar-refractivity contribution >= 4 is 5.69 Å². The Labute approximate surface area is 107 Å². The normalized spacial score (nSPS) is 12.2. The highest BCUT2D eigenvalue weighted by Gasteiger charge is 2.09. The fourth-order valence-corrected chi connectivity index (χ4v) is 1.87. The zero-order valence-electron chi connectivity index (χ0n) is 10.9. The van der Waals surface area contributed by atoms with Gasteiger partial charge in [0.2, 0.25) is 0 Å². The van der Waals surface area contributed by atoms with Gasteiger partial charge < -0.3 is 14.5 Å². The summed E-state index contributed by atoms with van der Waals surface area (Å²) in [6.45, 7) is 4.07. The summed E-state index contributed by atoms with van der Waals surface area (Å²) in [5, 5.41) is 3.42. The molecule has 2 heterocycles. The molecule has 0 fully saturated rings. The van der Waals surface area contributed by atoms with Crippen LogP contribution in [0.3, 0.4) is 0 Å². The van der Waals surface area contributed by atoms with Gasteiger partial charge in [0.05, 0.1) is 25.3 Å². The lowest BCUT2D eigenvalue weighted by molar-refractivity contribution is 0.413. The van der Waals surface area contributed by atoms with Gasteiger partial charge in [-0.2, -0.15) is 0 Å². The van der Waals surface area contributed by atoms with Crippen LogP contribution in [0.1, 0.15) is 18.4 Å². The zero-order chi connectivity index (χ0) is 13.0. The number of aromatic nitrogens is 1. The van der Waals surface area contributed by atoms with Crippen molar-refractivity contribution in [2.75, 3.05) is 12.4 Å². The fourth-order valence-electron chi connectivity index (χ4n) is 1.87. The Hall–Kier alpha value is -1.97. The Morgan fingerprint density at radius 3 is 3.00 bits per heavy atom. The van der Waals surface area contributed by atoms with Gasteiger partial charge in [0.1, 0.15) is 5.76 Å². The third-order valence-corrected chi connectivity index (χ3v) is 2.71. The molecule has 96 valence electrons. The summed E-state index contributed by atoms with van der Waals surface area (Å²) in [6, 6.07) is 6.12. The van der Waals surface area contributed by atoms with Gasteiger partial charge in [-0.3, -0.25) is 4.98 Å². The average molecular weight is 246 g/mol. The molecule has 1 unspecified atom stereocenters. The molecule has 0 radical (unpaired) electrons. The number of rotatable bonds is 5. The highest BCUT2D eigenvalue weighted by Crippen LogP contribution is 2.24. The number of aryl methyl sites for hydroxylation is 1. The van der Waals surface area contributed by atoms with Crippen LogP contribution in [0.15, 0.2) is 35.1 Å². The lowest BCUT2D eigenvalue weighted by Crippen LogP contribution is -2.18. The Kier molecular flexibility index (Phi) is 3.87. The fraction of sp³-hybridized carbons (Fsp3) is 0.357. The minimum atomic E-state index is 0.256. The SMILES string of the molecule is COc1cnc(C)cc1NC(C)Cc1ccco1. The van der Waals surface area contributed by atoms with E-state index in [1.165, 1.54) is 0 Å². The summed E-state index contributed by atoms with van der Waals surface area (Å²) in [7, 11) is 1.65. The Morgan fingerprint density at radius 2 is 2.33 bits per heavy atom. The molecule has 0 saturated carbocycles. The van der Waals surface area contributed by atoms with Crippen LogP contribution < -0.4 is 10.1 Å². The molecule has 0 aliphatic carbocycles. The standard InChI is InChI=1S/C14H18N2O2/c1-10-8-13(14(17-3)9-15-10)16-11(2)7-12-5-4-6-18-12/h4-6,8-9,11H,7H2,1-3H3,(H,15,16). The number of hydrogen-bond donors (Lipinski definition) is 1. The van der Waals surface area contributed by atoms with Gasteiger partial charge in [0, 0.05) is 18.2 Å². The van der Waals surface area contributed by atoms with Gasteiger partial charge in [-0.15, -0.1) is 0 Å². The van der Waals surface area contributed by atoms with E-state index in [0.717, 1.165) is 29.3 Å². The molecular formula is C14H18N2O2. The van der Waals surface area contributed by atoms with Crippen molar-refractivity contribution in [1.29, 1.82) is 0 Å². The Bertz CT molecular complexity index is 495. The first-order valence-electron chi connectivity index (χ1n) is 5.98. The molecule has 0 aliphatic rings. The second-order valence-electron chi connectivity index (χ2n) is 4.35. The molecule has 2 aromatic rings. The number of pyridine rings is 1. The highest BCUT2D eigenvalue weighted by molar-refractivity contribution is 5.56. The number of ether oxygens (including phenoxy) is 1. The van der Waals surface area contributed by atoms with E-state index in [4.69, 9.17) is 9.15 Å². The number of nitrogens with one attached hydrogen (secondary N) is 1. The smallest absolute Gasteiger partial charge is 0.160 e. The third kappa shape index (κ3) is 3.03.